The molecule has 0 aliphatic carbocycles. The molecular weight excluding hydrogens is 400 g/mol. The molecule has 6 nitrogen and oxygen atoms in total. The van der Waals surface area contributed by atoms with E-state index >= 15 is 0 Å². The van der Waals surface area contributed by atoms with Gasteiger partial charge in [-0.05, 0) is 26.0 Å². The molecule has 0 saturated heterocycles. The number of hydrogen-bond donors (Lipinski definition) is 1. The van der Waals surface area contributed by atoms with Crippen LogP contribution >= 0.6 is 22.9 Å². The van der Waals surface area contributed by atoms with Crippen molar-refractivity contribution in [3.05, 3.63) is 57.2 Å². The van der Waals surface area contributed by atoms with E-state index in [4.69, 9.17) is 16.3 Å². The van der Waals surface area contributed by atoms with E-state index in [0.717, 1.165) is 21.5 Å². The van der Waals surface area contributed by atoms with Crippen molar-refractivity contribution in [2.75, 3.05) is 13.2 Å². The van der Waals surface area contributed by atoms with Crippen LogP contribution in [0.2, 0.25) is 5.02 Å². The summed E-state index contributed by atoms with van der Waals surface area (Å²) >= 11 is 7.51. The molecule has 28 heavy (non-hydrogen) atoms. The number of halogens is 1. The van der Waals surface area contributed by atoms with Crippen LogP contribution in [0.15, 0.2) is 30.3 Å². The third-order valence-corrected chi connectivity index (χ3v) is 6.25. The van der Waals surface area contributed by atoms with E-state index in [1.54, 1.807) is 6.07 Å². The number of Topliss-reactive ketones (excluding diaryl/α,β-unsaturated/α-hetero) is 1. The first-order valence-electron chi connectivity index (χ1n) is 8.56. The third kappa shape index (κ3) is 3.95. The molecule has 8 heteroatoms. The number of rotatable bonds is 6. The fourth-order valence-electron chi connectivity index (χ4n) is 2.81. The predicted octanol–water partition coefficient (Wildman–Crippen LogP) is 3.67. The maximum Gasteiger partial charge on any atom is 0.325 e. The Morgan fingerprint density at radius 3 is 2.57 bits per heavy atom. The van der Waals surface area contributed by atoms with Gasteiger partial charge in [0.25, 0.3) is 5.91 Å². The van der Waals surface area contributed by atoms with E-state index in [1.165, 1.54) is 11.3 Å². The first-order chi connectivity index (χ1) is 13.3. The maximum absolute atomic E-state index is 12.3. The largest absolute Gasteiger partial charge is 0.456 e. The topological polar surface area (TPSA) is 77.4 Å². The van der Waals surface area contributed by atoms with Gasteiger partial charge in [0.15, 0.2) is 6.61 Å². The molecule has 0 bridgehead atoms. The van der Waals surface area contributed by atoms with Crippen LogP contribution in [0.25, 0.3) is 10.1 Å². The van der Waals surface area contributed by atoms with E-state index in [2.05, 4.69) is 5.32 Å². The molecular formula is C20H19ClN2O4S. The number of nitrogens with zero attached hydrogens (tertiary/aromatic N) is 1. The van der Waals surface area contributed by atoms with Gasteiger partial charge in [-0.2, -0.15) is 0 Å². The van der Waals surface area contributed by atoms with Crippen molar-refractivity contribution in [1.29, 1.82) is 0 Å². The highest BCUT2D eigenvalue weighted by Gasteiger charge is 2.19. The Morgan fingerprint density at radius 1 is 1.21 bits per heavy atom. The Bertz CT molecular complexity index is 1080. The monoisotopic (exact) mass is 418 g/mol. The molecule has 0 radical (unpaired) electrons. The number of benzene rings is 1. The molecule has 0 atom stereocenters. The number of ketones is 1. The molecule has 1 amide bonds. The number of hydrogen-bond acceptors (Lipinski definition) is 5. The highest BCUT2D eigenvalue weighted by molar-refractivity contribution is 7.21. The van der Waals surface area contributed by atoms with Crippen LogP contribution in [-0.4, -0.2) is 35.4 Å². The second-order valence-corrected chi connectivity index (χ2v) is 7.78. The Kier molecular flexibility index (Phi) is 5.86. The summed E-state index contributed by atoms with van der Waals surface area (Å²) < 4.78 is 7.78. The Hall–Kier alpha value is -2.64. The lowest BCUT2D eigenvalue weighted by molar-refractivity contribution is -0.141. The number of thiophene rings is 1. The molecule has 0 fully saturated rings. The van der Waals surface area contributed by atoms with E-state index in [0.29, 0.717) is 15.5 Å². The SMILES string of the molecule is Cc1cc(C(=O)COC(=O)CNC(=O)c2sc3ccccc3c2Cl)c(C)n1C. The Morgan fingerprint density at radius 2 is 1.93 bits per heavy atom. The first kappa shape index (κ1) is 20.1. The third-order valence-electron chi connectivity index (χ3n) is 4.57. The lowest BCUT2D eigenvalue weighted by Crippen LogP contribution is -2.31. The van der Waals surface area contributed by atoms with Gasteiger partial charge in [0.05, 0.1) is 5.02 Å². The lowest BCUT2D eigenvalue weighted by atomic mass is 10.1. The number of nitrogens with one attached hydrogen (secondary N) is 1. The molecule has 0 aliphatic rings. The molecule has 0 spiro atoms. The molecule has 0 unspecified atom stereocenters. The second-order valence-electron chi connectivity index (χ2n) is 6.35. The summed E-state index contributed by atoms with van der Waals surface area (Å²) in [5, 5.41) is 3.64. The fourth-order valence-corrected chi connectivity index (χ4v) is 4.24. The van der Waals surface area contributed by atoms with Crippen molar-refractivity contribution < 1.29 is 19.1 Å². The van der Waals surface area contributed by atoms with Gasteiger partial charge in [-0.15, -0.1) is 11.3 Å². The number of ether oxygens (including phenoxy) is 1. The molecule has 0 aliphatic heterocycles. The Labute approximate surface area is 171 Å². The molecule has 1 aromatic carbocycles. The number of esters is 1. The summed E-state index contributed by atoms with van der Waals surface area (Å²) in [4.78, 5) is 36.8. The minimum Gasteiger partial charge on any atom is -0.456 e. The van der Waals surface area contributed by atoms with Gasteiger partial charge < -0.3 is 14.6 Å². The standard InChI is InChI=1S/C20H19ClN2O4S/c1-11-8-14(12(2)23(11)3)15(24)10-27-17(25)9-22-20(26)19-18(21)13-6-4-5-7-16(13)28-19/h4-8H,9-10H2,1-3H3,(H,22,26). The van der Waals surface area contributed by atoms with Crippen molar-refractivity contribution in [3.63, 3.8) is 0 Å². The zero-order valence-corrected chi connectivity index (χ0v) is 17.2. The zero-order chi connectivity index (χ0) is 20.4. The summed E-state index contributed by atoms with van der Waals surface area (Å²) in [6.07, 6.45) is 0. The van der Waals surface area contributed by atoms with Gasteiger partial charge >= 0.3 is 5.97 Å². The minimum atomic E-state index is -0.691. The van der Waals surface area contributed by atoms with Gasteiger partial charge in [0, 0.05) is 34.1 Å². The van der Waals surface area contributed by atoms with Gasteiger partial charge in [-0.1, -0.05) is 29.8 Å². The fraction of sp³-hybridized carbons (Fsp3) is 0.250. The summed E-state index contributed by atoms with van der Waals surface area (Å²) in [5.74, 6) is -1.43. The summed E-state index contributed by atoms with van der Waals surface area (Å²) in [5.41, 5.74) is 2.28. The summed E-state index contributed by atoms with van der Waals surface area (Å²) in [6, 6.07) is 9.17. The van der Waals surface area contributed by atoms with Crippen molar-refractivity contribution in [2.45, 2.75) is 13.8 Å². The minimum absolute atomic E-state index is 0.284. The number of fused-ring (bicyclic) bond motifs is 1. The van der Waals surface area contributed by atoms with E-state index in [-0.39, 0.29) is 18.9 Å². The van der Waals surface area contributed by atoms with Crippen LogP contribution in [0.4, 0.5) is 0 Å². The van der Waals surface area contributed by atoms with Crippen LogP contribution in [0, 0.1) is 13.8 Å². The highest BCUT2D eigenvalue weighted by Crippen LogP contribution is 2.34. The van der Waals surface area contributed by atoms with Crippen LogP contribution in [0.5, 0.6) is 0 Å². The number of carbonyl (C=O) groups excluding carboxylic acids is 3. The van der Waals surface area contributed by atoms with Gasteiger partial charge in [-0.3, -0.25) is 14.4 Å². The normalized spacial score (nSPS) is 10.9. The van der Waals surface area contributed by atoms with E-state index in [9.17, 15) is 14.4 Å². The van der Waals surface area contributed by atoms with Crippen LogP contribution < -0.4 is 5.32 Å². The number of carbonyl (C=O) groups is 3. The Balaban J connectivity index is 1.55. The lowest BCUT2D eigenvalue weighted by Gasteiger charge is -2.06. The number of aromatic nitrogens is 1. The highest BCUT2D eigenvalue weighted by atomic mass is 35.5. The molecule has 2 aromatic heterocycles. The van der Waals surface area contributed by atoms with Crippen molar-refractivity contribution in [1.82, 2.24) is 9.88 Å². The summed E-state index contributed by atoms with van der Waals surface area (Å²) in [7, 11) is 1.86. The molecule has 2 heterocycles. The van der Waals surface area contributed by atoms with E-state index in [1.807, 2.05) is 49.7 Å². The quantitative estimate of drug-likeness (QED) is 0.489. The maximum atomic E-state index is 12.3. The second kappa shape index (κ2) is 8.16. The first-order valence-corrected chi connectivity index (χ1v) is 9.76. The molecule has 1 N–H and O–H groups in total. The van der Waals surface area contributed by atoms with Crippen LogP contribution in [0.1, 0.15) is 31.4 Å². The van der Waals surface area contributed by atoms with Crippen LogP contribution in [0.3, 0.4) is 0 Å². The van der Waals surface area contributed by atoms with E-state index < -0.39 is 11.9 Å². The smallest absolute Gasteiger partial charge is 0.325 e. The molecule has 0 saturated carbocycles. The molecule has 3 aromatic rings. The number of aryl methyl sites for hydroxylation is 1. The van der Waals surface area contributed by atoms with Crippen LogP contribution in [-0.2, 0) is 16.6 Å². The molecule has 146 valence electrons. The van der Waals surface area contributed by atoms with Gasteiger partial charge in [0.1, 0.15) is 11.4 Å². The average Bonchev–Trinajstić information content (AvgIpc) is 3.16. The van der Waals surface area contributed by atoms with Gasteiger partial charge in [-0.25, -0.2) is 0 Å². The average molecular weight is 419 g/mol. The summed E-state index contributed by atoms with van der Waals surface area (Å²) in [6.45, 7) is 3.01. The molecule has 3 rings (SSSR count). The van der Waals surface area contributed by atoms with Crippen molar-refractivity contribution in [3.8, 4) is 0 Å². The zero-order valence-electron chi connectivity index (χ0n) is 15.7. The van der Waals surface area contributed by atoms with Crippen molar-refractivity contribution >= 4 is 50.7 Å². The predicted molar refractivity (Wildman–Crippen MR) is 109 cm³/mol. The van der Waals surface area contributed by atoms with Crippen molar-refractivity contribution in [2.24, 2.45) is 7.05 Å². The van der Waals surface area contributed by atoms with Gasteiger partial charge in [0.2, 0.25) is 5.78 Å². The number of amides is 1.